The van der Waals surface area contributed by atoms with Crippen molar-refractivity contribution in [2.45, 2.75) is 25.7 Å². The Morgan fingerprint density at radius 3 is 2.63 bits per heavy atom. The summed E-state index contributed by atoms with van der Waals surface area (Å²) in [6.45, 7) is 0. The normalized spacial score (nSPS) is 14.3. The van der Waals surface area contributed by atoms with Crippen LogP contribution in [0.4, 0.5) is 0 Å². The zero-order chi connectivity index (χ0) is 13.4. The number of aromatic nitrogens is 1. The van der Waals surface area contributed by atoms with Gasteiger partial charge < -0.3 is 9.47 Å². The van der Waals surface area contributed by atoms with E-state index < -0.39 is 0 Å². The number of methoxy groups -OCH3 is 2. The average Bonchev–Trinajstić information content (AvgIpc) is 2.45. The molecule has 0 radical (unpaired) electrons. The van der Waals surface area contributed by atoms with Crippen molar-refractivity contribution in [1.29, 1.82) is 0 Å². The van der Waals surface area contributed by atoms with Crippen LogP contribution in [0.2, 0.25) is 5.02 Å². The number of ether oxygens (including phenoxy) is 2. The standard InChI is InChI=1S/C15H16ClNO2/c1-18-13-8-12-10(14(16)15(13)19-2)7-9-5-3-4-6-11(9)17-12/h7-8H,3-6H2,1-2H3. The fraction of sp³-hybridized carbons (Fsp3) is 0.400. The minimum atomic E-state index is 0.578. The van der Waals surface area contributed by atoms with Gasteiger partial charge in [-0.1, -0.05) is 11.6 Å². The molecule has 0 fully saturated rings. The number of rotatable bonds is 2. The second-order valence-electron chi connectivity index (χ2n) is 4.79. The van der Waals surface area contributed by atoms with Crippen LogP contribution in [-0.4, -0.2) is 19.2 Å². The summed E-state index contributed by atoms with van der Waals surface area (Å²) in [5.41, 5.74) is 3.39. The molecule has 0 atom stereocenters. The first-order valence-electron chi connectivity index (χ1n) is 6.47. The number of hydrogen-bond acceptors (Lipinski definition) is 3. The molecule has 1 aromatic heterocycles. The van der Waals surface area contributed by atoms with Gasteiger partial charge in [0.15, 0.2) is 11.5 Å². The van der Waals surface area contributed by atoms with E-state index in [9.17, 15) is 0 Å². The minimum Gasteiger partial charge on any atom is -0.493 e. The lowest BCUT2D eigenvalue weighted by atomic mass is 9.94. The largest absolute Gasteiger partial charge is 0.493 e. The maximum Gasteiger partial charge on any atom is 0.180 e. The highest BCUT2D eigenvalue weighted by Gasteiger charge is 2.18. The lowest BCUT2D eigenvalue weighted by molar-refractivity contribution is 0.356. The van der Waals surface area contributed by atoms with Crippen LogP contribution in [-0.2, 0) is 12.8 Å². The Morgan fingerprint density at radius 1 is 1.11 bits per heavy atom. The Hall–Kier alpha value is -1.48. The van der Waals surface area contributed by atoms with Gasteiger partial charge in [-0.2, -0.15) is 0 Å². The van der Waals surface area contributed by atoms with E-state index in [-0.39, 0.29) is 0 Å². The number of halogens is 1. The van der Waals surface area contributed by atoms with Crippen LogP contribution in [0, 0.1) is 0 Å². The van der Waals surface area contributed by atoms with Crippen molar-refractivity contribution in [2.24, 2.45) is 0 Å². The Kier molecular flexibility index (Phi) is 3.23. The fourth-order valence-electron chi connectivity index (χ4n) is 2.70. The van der Waals surface area contributed by atoms with Crippen LogP contribution in [0.3, 0.4) is 0 Å². The summed E-state index contributed by atoms with van der Waals surface area (Å²) >= 11 is 6.42. The fourth-order valence-corrected chi connectivity index (χ4v) is 3.02. The number of hydrogen-bond donors (Lipinski definition) is 0. The first kappa shape index (κ1) is 12.5. The summed E-state index contributed by atoms with van der Waals surface area (Å²) in [6.07, 6.45) is 4.58. The second-order valence-corrected chi connectivity index (χ2v) is 5.17. The summed E-state index contributed by atoms with van der Waals surface area (Å²) in [5, 5.41) is 1.53. The van der Waals surface area contributed by atoms with E-state index in [4.69, 9.17) is 26.1 Å². The highest BCUT2D eigenvalue weighted by Crippen LogP contribution is 2.41. The molecule has 0 spiro atoms. The zero-order valence-corrected chi connectivity index (χ0v) is 11.9. The van der Waals surface area contributed by atoms with Gasteiger partial charge in [-0.05, 0) is 37.3 Å². The molecule has 0 bridgehead atoms. The van der Waals surface area contributed by atoms with E-state index in [0.29, 0.717) is 16.5 Å². The predicted molar refractivity (Wildman–Crippen MR) is 76.5 cm³/mol. The molecule has 3 nitrogen and oxygen atoms in total. The van der Waals surface area contributed by atoms with Gasteiger partial charge in [-0.15, -0.1) is 0 Å². The van der Waals surface area contributed by atoms with Crippen LogP contribution < -0.4 is 9.47 Å². The molecule has 0 N–H and O–H groups in total. The third kappa shape index (κ3) is 2.02. The van der Waals surface area contributed by atoms with Gasteiger partial charge in [0, 0.05) is 17.1 Å². The molecule has 0 unspecified atom stereocenters. The quantitative estimate of drug-likeness (QED) is 0.837. The van der Waals surface area contributed by atoms with E-state index >= 15 is 0 Å². The van der Waals surface area contributed by atoms with Gasteiger partial charge in [0.25, 0.3) is 0 Å². The molecule has 0 amide bonds. The molecule has 0 aliphatic heterocycles. The van der Waals surface area contributed by atoms with Gasteiger partial charge in [0.05, 0.1) is 24.8 Å². The van der Waals surface area contributed by atoms with Gasteiger partial charge in [-0.25, -0.2) is 0 Å². The molecule has 1 aliphatic carbocycles. The number of fused-ring (bicyclic) bond motifs is 2. The molecule has 4 heteroatoms. The summed E-state index contributed by atoms with van der Waals surface area (Å²) in [6, 6.07) is 4.05. The number of pyridine rings is 1. The first-order chi connectivity index (χ1) is 9.24. The first-order valence-corrected chi connectivity index (χ1v) is 6.85. The molecule has 100 valence electrons. The predicted octanol–water partition coefficient (Wildman–Crippen LogP) is 3.78. The van der Waals surface area contributed by atoms with Gasteiger partial charge >= 0.3 is 0 Å². The van der Waals surface area contributed by atoms with Gasteiger partial charge in [0.2, 0.25) is 0 Å². The summed E-state index contributed by atoms with van der Waals surface area (Å²) in [4.78, 5) is 4.74. The van der Waals surface area contributed by atoms with Gasteiger partial charge in [-0.3, -0.25) is 4.98 Å². The lowest BCUT2D eigenvalue weighted by Crippen LogP contribution is -2.05. The molecule has 1 aromatic carbocycles. The summed E-state index contributed by atoms with van der Waals surface area (Å²) < 4.78 is 10.7. The number of benzene rings is 1. The molecule has 0 saturated heterocycles. The third-order valence-corrected chi connectivity index (χ3v) is 4.06. The SMILES string of the molecule is COc1cc2nc3c(cc2c(Cl)c1OC)CCCC3. The highest BCUT2D eigenvalue weighted by atomic mass is 35.5. The Morgan fingerprint density at radius 2 is 1.89 bits per heavy atom. The number of aryl methyl sites for hydroxylation is 2. The zero-order valence-electron chi connectivity index (χ0n) is 11.1. The van der Waals surface area contributed by atoms with E-state index in [1.54, 1.807) is 14.2 Å². The molecular weight excluding hydrogens is 262 g/mol. The Labute approximate surface area is 117 Å². The van der Waals surface area contributed by atoms with Crippen molar-refractivity contribution in [3.05, 3.63) is 28.4 Å². The Balaban J connectivity index is 2.29. The highest BCUT2D eigenvalue weighted by molar-refractivity contribution is 6.37. The summed E-state index contributed by atoms with van der Waals surface area (Å²) in [5.74, 6) is 1.21. The van der Waals surface area contributed by atoms with Crippen LogP contribution >= 0.6 is 11.6 Å². The van der Waals surface area contributed by atoms with Crippen molar-refractivity contribution in [3.8, 4) is 11.5 Å². The number of nitrogens with zero attached hydrogens (tertiary/aromatic N) is 1. The molecule has 1 heterocycles. The van der Waals surface area contributed by atoms with Crippen molar-refractivity contribution in [1.82, 2.24) is 4.98 Å². The molecular formula is C15H16ClNO2. The van der Waals surface area contributed by atoms with Crippen molar-refractivity contribution in [2.75, 3.05) is 14.2 Å². The van der Waals surface area contributed by atoms with Crippen LogP contribution in [0.25, 0.3) is 10.9 Å². The van der Waals surface area contributed by atoms with E-state index in [1.807, 2.05) is 6.07 Å². The van der Waals surface area contributed by atoms with E-state index in [0.717, 1.165) is 23.7 Å². The third-order valence-electron chi connectivity index (χ3n) is 3.68. The van der Waals surface area contributed by atoms with Crippen molar-refractivity contribution < 1.29 is 9.47 Å². The Bertz CT molecular complexity index is 635. The maximum atomic E-state index is 6.42. The van der Waals surface area contributed by atoms with Crippen LogP contribution in [0.5, 0.6) is 11.5 Å². The average molecular weight is 278 g/mol. The molecule has 19 heavy (non-hydrogen) atoms. The maximum absolute atomic E-state index is 6.42. The second kappa shape index (κ2) is 4.89. The lowest BCUT2D eigenvalue weighted by Gasteiger charge is -2.17. The van der Waals surface area contributed by atoms with Crippen molar-refractivity contribution >= 4 is 22.5 Å². The van der Waals surface area contributed by atoms with Gasteiger partial charge in [0.1, 0.15) is 0 Å². The smallest absolute Gasteiger partial charge is 0.180 e. The summed E-state index contributed by atoms with van der Waals surface area (Å²) in [7, 11) is 3.21. The topological polar surface area (TPSA) is 31.4 Å². The minimum absolute atomic E-state index is 0.578. The molecule has 2 aromatic rings. The van der Waals surface area contributed by atoms with Crippen LogP contribution in [0.15, 0.2) is 12.1 Å². The molecule has 3 rings (SSSR count). The van der Waals surface area contributed by atoms with E-state index in [2.05, 4.69) is 6.07 Å². The molecule has 1 aliphatic rings. The van der Waals surface area contributed by atoms with Crippen LogP contribution in [0.1, 0.15) is 24.1 Å². The molecule has 0 saturated carbocycles. The van der Waals surface area contributed by atoms with E-state index in [1.165, 1.54) is 24.1 Å². The van der Waals surface area contributed by atoms with Crippen molar-refractivity contribution in [3.63, 3.8) is 0 Å². The monoisotopic (exact) mass is 277 g/mol.